The lowest BCUT2D eigenvalue weighted by atomic mass is 10.1. The van der Waals surface area contributed by atoms with Gasteiger partial charge in [-0.05, 0) is 49.7 Å². The monoisotopic (exact) mass is 405 g/mol. The van der Waals surface area contributed by atoms with Gasteiger partial charge in [0.1, 0.15) is 11.5 Å². The van der Waals surface area contributed by atoms with E-state index in [4.69, 9.17) is 16.0 Å². The molecule has 0 spiro atoms. The van der Waals surface area contributed by atoms with Crippen LogP contribution in [0.1, 0.15) is 17.0 Å². The minimum Gasteiger partial charge on any atom is -0.455 e. The third kappa shape index (κ3) is 3.57. The predicted octanol–water partition coefficient (Wildman–Crippen LogP) is 5.46. The highest BCUT2D eigenvalue weighted by Gasteiger charge is 2.15. The molecule has 2 aromatic heterocycles. The van der Waals surface area contributed by atoms with Gasteiger partial charge in [-0.15, -0.1) is 0 Å². The first kappa shape index (κ1) is 19.0. The average Bonchev–Trinajstić information content (AvgIpc) is 3.27. The third-order valence-electron chi connectivity index (χ3n) is 4.93. The first-order chi connectivity index (χ1) is 14.0. The van der Waals surface area contributed by atoms with Crippen LogP contribution in [0.5, 0.6) is 0 Å². The summed E-state index contributed by atoms with van der Waals surface area (Å²) in [5.41, 5.74) is 3.67. The Morgan fingerprint density at radius 2 is 1.79 bits per heavy atom. The lowest BCUT2D eigenvalue weighted by Crippen LogP contribution is -2.19. The van der Waals surface area contributed by atoms with Gasteiger partial charge >= 0.3 is 0 Å². The highest BCUT2D eigenvalue weighted by Crippen LogP contribution is 2.27. The van der Waals surface area contributed by atoms with Crippen molar-refractivity contribution in [1.82, 2.24) is 9.36 Å². The summed E-state index contributed by atoms with van der Waals surface area (Å²) in [6.45, 7) is 3.83. The van der Waals surface area contributed by atoms with Gasteiger partial charge in [0.25, 0.3) is 5.56 Å². The van der Waals surface area contributed by atoms with Crippen molar-refractivity contribution in [2.75, 3.05) is 0 Å². The molecule has 0 saturated carbocycles. The zero-order valence-corrected chi connectivity index (χ0v) is 17.1. The maximum atomic E-state index is 12.9. The van der Waals surface area contributed by atoms with Crippen molar-refractivity contribution in [3.63, 3.8) is 0 Å². The fourth-order valence-electron chi connectivity index (χ4n) is 3.15. The fraction of sp³-hybridized carbons (Fsp3) is 0.130. The molecule has 0 N–H and O–H groups in total. The summed E-state index contributed by atoms with van der Waals surface area (Å²) in [6, 6.07) is 19.0. The highest BCUT2D eigenvalue weighted by atomic mass is 35.5. The molecule has 29 heavy (non-hydrogen) atoms. The van der Waals surface area contributed by atoms with Crippen LogP contribution >= 0.6 is 11.6 Å². The van der Waals surface area contributed by atoms with Crippen molar-refractivity contribution in [1.29, 1.82) is 0 Å². The second-order valence-corrected chi connectivity index (χ2v) is 7.24. The standard InChI is InChI=1S/C23H20ClN3O2/c1-15-9-10-17(13-20(15)24)21-12-11-19(29-21)14-25-22-16(2)26(3)27(23(22)28)18-7-5-4-6-8-18/h4-14H,1-3H3. The van der Waals surface area contributed by atoms with E-state index in [1.54, 1.807) is 15.6 Å². The molecule has 0 radical (unpaired) electrons. The zero-order chi connectivity index (χ0) is 20.5. The van der Waals surface area contributed by atoms with E-state index in [1.165, 1.54) is 0 Å². The van der Waals surface area contributed by atoms with Crippen molar-refractivity contribution in [2.45, 2.75) is 13.8 Å². The molecule has 0 bridgehead atoms. The van der Waals surface area contributed by atoms with E-state index in [0.29, 0.717) is 22.2 Å². The molecular formula is C23H20ClN3O2. The molecule has 0 fully saturated rings. The highest BCUT2D eigenvalue weighted by molar-refractivity contribution is 6.31. The van der Waals surface area contributed by atoms with Crippen LogP contribution in [0, 0.1) is 13.8 Å². The average molecular weight is 406 g/mol. The van der Waals surface area contributed by atoms with Gasteiger partial charge in [-0.1, -0.05) is 41.9 Å². The second-order valence-electron chi connectivity index (χ2n) is 6.83. The molecule has 0 unspecified atom stereocenters. The van der Waals surface area contributed by atoms with Crippen molar-refractivity contribution in [3.8, 4) is 17.0 Å². The van der Waals surface area contributed by atoms with Crippen LogP contribution in [-0.2, 0) is 7.05 Å². The van der Waals surface area contributed by atoms with E-state index in [-0.39, 0.29) is 5.56 Å². The number of hydrogen-bond acceptors (Lipinski definition) is 3. The Morgan fingerprint density at radius 3 is 2.52 bits per heavy atom. The van der Waals surface area contributed by atoms with Crippen LogP contribution in [0.4, 0.5) is 5.69 Å². The second kappa shape index (κ2) is 7.60. The smallest absolute Gasteiger partial charge is 0.297 e. The Kier molecular flexibility index (Phi) is 4.99. The molecule has 0 aliphatic heterocycles. The van der Waals surface area contributed by atoms with Crippen LogP contribution in [0.15, 0.2) is 74.9 Å². The summed E-state index contributed by atoms with van der Waals surface area (Å²) < 4.78 is 9.26. The summed E-state index contributed by atoms with van der Waals surface area (Å²) >= 11 is 6.21. The van der Waals surface area contributed by atoms with E-state index >= 15 is 0 Å². The number of aromatic nitrogens is 2. The number of para-hydroxylation sites is 1. The van der Waals surface area contributed by atoms with Gasteiger partial charge in [-0.2, -0.15) is 0 Å². The maximum absolute atomic E-state index is 12.9. The summed E-state index contributed by atoms with van der Waals surface area (Å²) in [5.74, 6) is 1.26. The molecule has 0 amide bonds. The van der Waals surface area contributed by atoms with E-state index < -0.39 is 0 Å². The summed E-state index contributed by atoms with van der Waals surface area (Å²) in [5, 5.41) is 0.690. The molecule has 0 aliphatic carbocycles. The molecule has 2 aromatic carbocycles. The minimum absolute atomic E-state index is 0.176. The topological polar surface area (TPSA) is 52.4 Å². The number of hydrogen-bond donors (Lipinski definition) is 0. The Balaban J connectivity index is 1.66. The Morgan fingerprint density at radius 1 is 1.03 bits per heavy atom. The fourth-order valence-corrected chi connectivity index (χ4v) is 3.34. The van der Waals surface area contributed by atoms with E-state index in [0.717, 1.165) is 22.5 Å². The van der Waals surface area contributed by atoms with Crippen LogP contribution < -0.4 is 5.56 Å². The van der Waals surface area contributed by atoms with Gasteiger partial charge in [0.05, 0.1) is 17.6 Å². The van der Waals surface area contributed by atoms with E-state index in [2.05, 4.69) is 4.99 Å². The lowest BCUT2D eigenvalue weighted by Gasteiger charge is -2.07. The Hall–Kier alpha value is -3.31. The van der Waals surface area contributed by atoms with Crippen LogP contribution in [0.2, 0.25) is 5.02 Å². The van der Waals surface area contributed by atoms with Gasteiger partial charge in [0.2, 0.25) is 0 Å². The molecular weight excluding hydrogens is 386 g/mol. The number of nitrogens with zero attached hydrogens (tertiary/aromatic N) is 3. The molecule has 0 saturated heterocycles. The molecule has 5 nitrogen and oxygen atoms in total. The number of furan rings is 1. The van der Waals surface area contributed by atoms with E-state index in [1.807, 2.05) is 81.6 Å². The van der Waals surface area contributed by atoms with Crippen molar-refractivity contribution < 1.29 is 4.42 Å². The minimum atomic E-state index is -0.176. The quantitative estimate of drug-likeness (QED) is 0.423. The van der Waals surface area contributed by atoms with Gasteiger partial charge < -0.3 is 4.42 Å². The van der Waals surface area contributed by atoms with Crippen molar-refractivity contribution >= 4 is 23.5 Å². The molecule has 2 heterocycles. The molecule has 6 heteroatoms. The molecule has 4 aromatic rings. The summed E-state index contributed by atoms with van der Waals surface area (Å²) in [7, 11) is 1.84. The maximum Gasteiger partial charge on any atom is 0.297 e. The van der Waals surface area contributed by atoms with Crippen molar-refractivity contribution in [2.24, 2.45) is 12.0 Å². The number of rotatable bonds is 4. The van der Waals surface area contributed by atoms with Gasteiger partial charge in [-0.25, -0.2) is 9.67 Å². The molecule has 146 valence electrons. The normalized spacial score (nSPS) is 11.4. The van der Waals surface area contributed by atoms with Gasteiger partial charge in [0.15, 0.2) is 5.69 Å². The zero-order valence-electron chi connectivity index (χ0n) is 16.4. The van der Waals surface area contributed by atoms with Gasteiger partial charge in [0, 0.05) is 17.6 Å². The Bertz CT molecular complexity index is 1260. The van der Waals surface area contributed by atoms with E-state index in [9.17, 15) is 4.79 Å². The van der Waals surface area contributed by atoms with Crippen LogP contribution in [-0.4, -0.2) is 15.6 Å². The predicted molar refractivity (Wildman–Crippen MR) is 117 cm³/mol. The third-order valence-corrected chi connectivity index (χ3v) is 5.34. The molecule has 0 atom stereocenters. The Labute approximate surface area is 173 Å². The van der Waals surface area contributed by atoms with Gasteiger partial charge in [-0.3, -0.25) is 9.48 Å². The molecule has 0 aliphatic rings. The summed E-state index contributed by atoms with van der Waals surface area (Å²) in [4.78, 5) is 17.3. The number of benzene rings is 2. The SMILES string of the molecule is Cc1ccc(-c2ccc(C=Nc3c(C)n(C)n(-c4ccccc4)c3=O)o2)cc1Cl. The first-order valence-electron chi connectivity index (χ1n) is 9.20. The number of aryl methyl sites for hydroxylation is 1. The van der Waals surface area contributed by atoms with Crippen LogP contribution in [0.25, 0.3) is 17.0 Å². The largest absolute Gasteiger partial charge is 0.455 e. The number of halogens is 1. The van der Waals surface area contributed by atoms with Crippen LogP contribution in [0.3, 0.4) is 0 Å². The summed E-state index contributed by atoms with van der Waals surface area (Å²) in [6.07, 6.45) is 1.57. The molecule has 4 rings (SSSR count). The lowest BCUT2D eigenvalue weighted by molar-refractivity contribution is 0.575. The first-order valence-corrected chi connectivity index (χ1v) is 9.58. The number of aliphatic imine (C=N–C) groups is 1. The van der Waals surface area contributed by atoms with Crippen molar-refractivity contribution in [3.05, 3.63) is 93.1 Å².